The zero-order chi connectivity index (χ0) is 19.0. The van der Waals surface area contributed by atoms with Crippen molar-refractivity contribution in [3.63, 3.8) is 0 Å². The third-order valence-electron chi connectivity index (χ3n) is 11.0. The fraction of sp³-hybridized carbons (Fsp3) is 0.950. The lowest BCUT2D eigenvalue weighted by molar-refractivity contribution is -0.231. The molecule has 144 valence electrons. The van der Waals surface area contributed by atoms with Gasteiger partial charge in [-0.25, -0.2) is 0 Å². The van der Waals surface area contributed by atoms with Gasteiger partial charge in [-0.05, 0) is 24.2 Å². The Morgan fingerprint density at radius 3 is 2.19 bits per heavy atom. The van der Waals surface area contributed by atoms with E-state index in [2.05, 4.69) is 0 Å². The van der Waals surface area contributed by atoms with E-state index in [0.717, 1.165) is 0 Å². The van der Waals surface area contributed by atoms with Crippen LogP contribution in [-0.4, -0.2) is 60.8 Å². The van der Waals surface area contributed by atoms with Gasteiger partial charge in [0.2, 0.25) is 0 Å². The van der Waals surface area contributed by atoms with Crippen LogP contribution in [-0.2, 0) is 4.79 Å². The summed E-state index contributed by atoms with van der Waals surface area (Å²) in [6.45, 7) is 7.22. The van der Waals surface area contributed by atoms with Crippen LogP contribution in [0.2, 0.25) is 0 Å². The van der Waals surface area contributed by atoms with Crippen LogP contribution in [0.4, 0.5) is 0 Å². The zero-order valence-corrected chi connectivity index (χ0v) is 15.6. The molecule has 0 aromatic carbocycles. The maximum atomic E-state index is 13.1. The van der Waals surface area contributed by atoms with Crippen molar-refractivity contribution in [3.8, 4) is 0 Å². The summed E-state index contributed by atoms with van der Waals surface area (Å²) in [6.07, 6.45) is -0.917. The minimum absolute atomic E-state index is 0.104. The predicted octanol–water partition coefficient (Wildman–Crippen LogP) is -0.690. The van der Waals surface area contributed by atoms with Crippen LogP contribution < -0.4 is 0 Å². The summed E-state index contributed by atoms with van der Waals surface area (Å²) in [5.41, 5.74) is -6.40. The second kappa shape index (κ2) is 3.57. The van der Waals surface area contributed by atoms with Gasteiger partial charge < -0.3 is 25.5 Å². The van der Waals surface area contributed by atoms with Gasteiger partial charge in [0.25, 0.3) is 0 Å². The van der Waals surface area contributed by atoms with Crippen LogP contribution in [0.3, 0.4) is 0 Å². The van der Waals surface area contributed by atoms with Gasteiger partial charge in [0.15, 0.2) is 5.78 Å². The number of ketones is 1. The van der Waals surface area contributed by atoms with Gasteiger partial charge in [-0.3, -0.25) is 4.79 Å². The monoisotopic (exact) mass is 364 g/mol. The summed E-state index contributed by atoms with van der Waals surface area (Å²) >= 11 is 0. The van der Waals surface area contributed by atoms with Crippen LogP contribution in [0.15, 0.2) is 0 Å². The number of aliphatic hydroxyl groups excluding tert-OH is 2. The summed E-state index contributed by atoms with van der Waals surface area (Å²) in [4.78, 5) is 13.1. The molecule has 5 N–H and O–H groups in total. The highest BCUT2D eigenvalue weighted by molar-refractivity contribution is 6.01. The number of aliphatic hydroxyl groups is 5. The number of carbonyl (C=O) groups excluding carboxylic acids is 1. The number of rotatable bonds is 1. The van der Waals surface area contributed by atoms with Crippen molar-refractivity contribution in [3.05, 3.63) is 0 Å². The minimum Gasteiger partial charge on any atom is -0.396 e. The molecule has 0 aromatic heterocycles. The maximum Gasteiger partial charge on any atom is 0.171 e. The molecule has 0 radical (unpaired) electrons. The normalized spacial score (nSPS) is 73.6. The van der Waals surface area contributed by atoms with E-state index in [9.17, 15) is 30.3 Å². The molecule has 12 atom stereocenters. The van der Waals surface area contributed by atoms with E-state index in [0.29, 0.717) is 0 Å². The van der Waals surface area contributed by atoms with Crippen molar-refractivity contribution < 1.29 is 30.3 Å². The first-order valence-corrected chi connectivity index (χ1v) is 9.85. The van der Waals surface area contributed by atoms with Crippen molar-refractivity contribution in [2.45, 2.75) is 57.0 Å². The fourth-order valence-corrected chi connectivity index (χ4v) is 9.92. The van der Waals surface area contributed by atoms with Gasteiger partial charge in [0, 0.05) is 34.0 Å². The van der Waals surface area contributed by atoms with Gasteiger partial charge in [-0.1, -0.05) is 27.7 Å². The molecule has 6 saturated carbocycles. The molecule has 0 aliphatic heterocycles. The summed E-state index contributed by atoms with van der Waals surface area (Å²) in [7, 11) is 0. The summed E-state index contributed by atoms with van der Waals surface area (Å²) in [5, 5.41) is 55.9. The quantitative estimate of drug-likeness (QED) is 0.420. The number of carbonyl (C=O) groups is 1. The largest absolute Gasteiger partial charge is 0.396 e. The number of hydrogen-bond acceptors (Lipinski definition) is 6. The Hall–Kier alpha value is -0.530. The molecule has 12 unspecified atom stereocenters. The molecule has 0 spiro atoms. The molecule has 6 heteroatoms. The van der Waals surface area contributed by atoms with E-state index < -0.39 is 51.0 Å². The van der Waals surface area contributed by atoms with Crippen LogP contribution in [0.25, 0.3) is 0 Å². The van der Waals surface area contributed by atoms with Crippen LogP contribution in [0, 0.1) is 51.8 Å². The van der Waals surface area contributed by atoms with Crippen molar-refractivity contribution in [2.24, 2.45) is 51.8 Å². The maximum absolute atomic E-state index is 13.1. The standard InChI is InChI=1S/C20H28O6/c1-7-13(22)20(26)11(15(20,2)3)10-8-9-12(19(7,10)25)18(24)5-17(8,6-21)16(9,4)14(18)23/h7-13,21-22,24-26H,5-6H2,1-4H3. The molecular formula is C20H28O6. The zero-order valence-electron chi connectivity index (χ0n) is 15.6. The first-order chi connectivity index (χ1) is 11.8. The summed E-state index contributed by atoms with van der Waals surface area (Å²) < 4.78 is 0. The van der Waals surface area contributed by atoms with Crippen LogP contribution >= 0.6 is 0 Å². The van der Waals surface area contributed by atoms with Gasteiger partial charge in [-0.15, -0.1) is 0 Å². The molecule has 0 amide bonds. The average Bonchev–Trinajstić information content (AvgIpc) is 2.79. The lowest BCUT2D eigenvalue weighted by Gasteiger charge is -2.65. The highest BCUT2D eigenvalue weighted by atomic mass is 16.4. The molecule has 0 aromatic rings. The molecule has 6 fully saturated rings. The molecule has 0 saturated heterocycles. The molecule has 26 heavy (non-hydrogen) atoms. The minimum atomic E-state index is -1.63. The molecule has 6 rings (SSSR count). The van der Waals surface area contributed by atoms with Crippen LogP contribution in [0.1, 0.15) is 34.1 Å². The van der Waals surface area contributed by atoms with Crippen LogP contribution in [0.5, 0.6) is 0 Å². The summed E-state index contributed by atoms with van der Waals surface area (Å²) in [6, 6.07) is 0. The Balaban J connectivity index is 1.63. The van der Waals surface area contributed by atoms with Gasteiger partial charge in [0.05, 0.1) is 18.3 Å². The molecule has 6 nitrogen and oxygen atoms in total. The third-order valence-corrected chi connectivity index (χ3v) is 11.0. The van der Waals surface area contributed by atoms with Crippen molar-refractivity contribution in [2.75, 3.05) is 6.61 Å². The highest BCUT2D eigenvalue weighted by Gasteiger charge is 3.00. The first kappa shape index (κ1) is 16.4. The molecule has 6 aliphatic carbocycles. The van der Waals surface area contributed by atoms with E-state index >= 15 is 0 Å². The summed E-state index contributed by atoms with van der Waals surface area (Å²) in [5.74, 6) is -2.43. The van der Waals surface area contributed by atoms with E-state index in [1.54, 1.807) is 6.92 Å². The van der Waals surface area contributed by atoms with E-state index in [4.69, 9.17) is 0 Å². The SMILES string of the molecule is CC1C(O)C2(O)C(C3C4C5C(C6(O)CC4(CO)C5(C)C6=O)C13O)C2(C)C. The van der Waals surface area contributed by atoms with E-state index in [1.807, 2.05) is 20.8 Å². The van der Waals surface area contributed by atoms with Crippen molar-refractivity contribution >= 4 is 5.78 Å². The van der Waals surface area contributed by atoms with Crippen molar-refractivity contribution in [1.82, 2.24) is 0 Å². The second-order valence-electron chi connectivity index (χ2n) is 11.1. The Morgan fingerprint density at radius 2 is 1.65 bits per heavy atom. The molecule has 0 heterocycles. The second-order valence-corrected chi connectivity index (χ2v) is 11.1. The molecular weight excluding hydrogens is 336 g/mol. The topological polar surface area (TPSA) is 118 Å². The third kappa shape index (κ3) is 0.971. The smallest absolute Gasteiger partial charge is 0.171 e. The average molecular weight is 364 g/mol. The Bertz CT molecular complexity index is 795. The van der Waals surface area contributed by atoms with E-state index in [1.165, 1.54) is 0 Å². The number of Topliss-reactive ketones (excluding diaryl/α,β-unsaturated/α-hetero) is 1. The fourth-order valence-electron chi connectivity index (χ4n) is 9.92. The van der Waals surface area contributed by atoms with E-state index in [-0.39, 0.29) is 42.5 Å². The predicted molar refractivity (Wildman–Crippen MR) is 88.5 cm³/mol. The molecule has 6 aliphatic rings. The lowest BCUT2D eigenvalue weighted by Crippen LogP contribution is -2.66. The highest BCUT2D eigenvalue weighted by Crippen LogP contribution is 2.92. The molecule has 2 bridgehead atoms. The van der Waals surface area contributed by atoms with Gasteiger partial charge in [0.1, 0.15) is 11.2 Å². The Kier molecular flexibility index (Phi) is 2.25. The van der Waals surface area contributed by atoms with Crippen molar-refractivity contribution in [1.29, 1.82) is 0 Å². The van der Waals surface area contributed by atoms with Gasteiger partial charge >= 0.3 is 0 Å². The Labute approximate surface area is 152 Å². The lowest BCUT2D eigenvalue weighted by atomic mass is 9.37. The first-order valence-electron chi connectivity index (χ1n) is 9.85. The number of hydrogen-bond donors (Lipinski definition) is 5. The number of fused-ring (bicyclic) bond motifs is 8. The Morgan fingerprint density at radius 1 is 1.04 bits per heavy atom. The van der Waals surface area contributed by atoms with Gasteiger partial charge in [-0.2, -0.15) is 0 Å².